The van der Waals surface area contributed by atoms with Crippen molar-refractivity contribution < 1.29 is 225 Å². The Hall–Kier alpha value is -16.4. The number of carboxylic acid groups (broad SMARTS) is 15. The summed E-state index contributed by atoms with van der Waals surface area (Å²) in [5, 5.41) is 171. The topological polar surface area (TPSA) is 1080 Å². The molecule has 1 heterocycles. The van der Waals surface area contributed by atoms with Crippen LogP contribution in [0, 0.1) is 17.0 Å². The standard InChI is InChI=1S/C66H85N19O47/c1-20-69-19-36(85(131)132)84(20)3-2-68-59(123)28(11-44(100)101)74-61(125)30(13-46(104)105)75-62(126)31(14-47(106)107)76-63(127)32(15-48(108)109)77-66(130)35(18-51(114)115)83-80-27(10-43(98)99)57(121)56(120)26(9-42(96)97)79-82-34(17-50(112)113)65(129)72-23(6-39(90)91)53(117)52(116)22(5-38(88)89)71-64(128)33(16-49(110)111)81-78-25(8-41(94)95)55(119)54(118)24(7-40(92)93)70-60(124)29(12-45(102)103)73-58(122)21(67)4-37(86)87/h19,21-35,78-83H,2-18,67H2,1H3,(H,68,123)(H,70,124)(H,71,128)(H,72,129)(H,73,122)(H,74,125)(H,75,126)(H,76,127)(H,77,130)(H,86,87)(H,88,89)(H,90,91)(H,92,93)(H,94,95)(H,96,97)(H,98,99)(H,100,101)(H,102,103)(H,104,105)(H,106,107)(H,108,109)(H,110,111)(H,112,113)(H,114,115)/t21-,22-,23-,24-,25-,26-,27-,28-,29-,30-,31-,32-,33-,34-,35-/m0/s1. The lowest BCUT2D eigenvalue weighted by Crippen LogP contribution is -2.62. The fraction of sp³-hybridized carbons (Fsp3) is 0.500. The Morgan fingerprint density at radius 2 is 0.455 bits per heavy atom. The zero-order chi connectivity index (χ0) is 101. The number of amides is 9. The zero-order valence-corrected chi connectivity index (χ0v) is 67.4. The van der Waals surface area contributed by atoms with E-state index in [0.717, 1.165) is 10.8 Å². The van der Waals surface area contributed by atoms with Gasteiger partial charge in [-0.05, 0) is 4.92 Å². The first-order valence-corrected chi connectivity index (χ1v) is 36.8. The van der Waals surface area contributed by atoms with Crippen molar-refractivity contribution >= 4 is 183 Å². The summed E-state index contributed by atoms with van der Waals surface area (Å²) < 4.78 is 1.01. The lowest BCUT2D eigenvalue weighted by Gasteiger charge is -2.27. The number of imidazole rings is 1. The third kappa shape index (κ3) is 41.8. The normalized spacial score (nSPS) is 14.3. The van der Waals surface area contributed by atoms with E-state index in [1.54, 1.807) is 64.5 Å². The van der Waals surface area contributed by atoms with Crippen molar-refractivity contribution in [3.8, 4) is 0 Å². The Balaban J connectivity index is 3.71. The summed E-state index contributed by atoms with van der Waals surface area (Å²) in [6.45, 7) is 0.449. The molecule has 0 radical (unpaired) electrons. The monoisotopic (exact) mass is 1900 g/mol. The average Bonchev–Trinajstić information content (AvgIpc) is 1.15. The van der Waals surface area contributed by atoms with Crippen molar-refractivity contribution in [1.82, 2.24) is 90.0 Å². The first kappa shape index (κ1) is 114. The zero-order valence-electron chi connectivity index (χ0n) is 67.4. The van der Waals surface area contributed by atoms with E-state index in [0.29, 0.717) is 0 Å². The van der Waals surface area contributed by atoms with Gasteiger partial charge in [0.15, 0.2) is 5.82 Å². The molecular formula is C66H85N19O47. The largest absolute Gasteiger partial charge is 0.481 e. The number of hydrogen-bond acceptors (Lipinski definition) is 40. The van der Waals surface area contributed by atoms with Crippen molar-refractivity contribution in [2.24, 2.45) is 5.73 Å². The number of rotatable bonds is 69. The summed E-state index contributed by atoms with van der Waals surface area (Å²) in [7, 11) is 0. The van der Waals surface area contributed by atoms with E-state index in [1.165, 1.54) is 12.2 Å². The fourth-order valence-corrected chi connectivity index (χ4v) is 10.8. The number of hydrazine groups is 3. The summed E-state index contributed by atoms with van der Waals surface area (Å²) in [4.78, 5) is 398. The van der Waals surface area contributed by atoms with E-state index in [4.69, 9.17) is 10.8 Å². The van der Waals surface area contributed by atoms with Crippen molar-refractivity contribution in [2.75, 3.05) is 6.54 Å². The van der Waals surface area contributed by atoms with Gasteiger partial charge in [-0.15, -0.1) is 0 Å². The van der Waals surface area contributed by atoms with Crippen LogP contribution in [0.5, 0.6) is 0 Å². The first-order chi connectivity index (χ1) is 61.2. The second kappa shape index (κ2) is 54.6. The van der Waals surface area contributed by atoms with Crippen LogP contribution in [-0.2, 0) is 150 Å². The van der Waals surface area contributed by atoms with Crippen LogP contribution < -0.4 is 86.1 Å². The van der Waals surface area contributed by atoms with Crippen molar-refractivity contribution in [2.45, 2.75) is 200 Å². The molecule has 1 aromatic heterocycles. The molecule has 0 unspecified atom stereocenters. The van der Waals surface area contributed by atoms with Crippen LogP contribution in [-0.4, -0.2) is 366 Å². The Morgan fingerprint density at radius 1 is 0.280 bits per heavy atom. The molecule has 0 spiro atoms. The minimum Gasteiger partial charge on any atom is -0.481 e. The van der Waals surface area contributed by atoms with Gasteiger partial charge >= 0.3 is 95.4 Å². The summed E-state index contributed by atoms with van der Waals surface area (Å²) in [5.74, 6) is -59.7. The molecule has 0 saturated heterocycles. The van der Waals surface area contributed by atoms with Crippen LogP contribution in [0.4, 0.5) is 5.82 Å². The van der Waals surface area contributed by atoms with Gasteiger partial charge in [0.05, 0.1) is 127 Å². The van der Waals surface area contributed by atoms with E-state index < -0.39 is 382 Å². The first-order valence-electron chi connectivity index (χ1n) is 36.8. The van der Waals surface area contributed by atoms with Gasteiger partial charge < -0.3 is 140 Å². The highest BCUT2D eigenvalue weighted by Gasteiger charge is 2.44. The van der Waals surface area contributed by atoms with E-state index in [9.17, 15) is 225 Å². The Bertz CT molecular complexity index is 4700. The number of aryl methyl sites for hydroxylation is 1. The molecule has 15 atom stereocenters. The molecule has 66 nitrogen and oxygen atoms in total. The molecule has 132 heavy (non-hydrogen) atoms. The van der Waals surface area contributed by atoms with Gasteiger partial charge in [-0.25, -0.2) is 42.1 Å². The van der Waals surface area contributed by atoms with Gasteiger partial charge in [0.25, 0.3) is 0 Å². The number of hydrogen-bond donors (Lipinski definition) is 31. The van der Waals surface area contributed by atoms with Gasteiger partial charge in [-0.1, -0.05) is 0 Å². The van der Waals surface area contributed by atoms with Crippen LogP contribution in [0.15, 0.2) is 6.20 Å². The Labute approximate surface area is 731 Å². The van der Waals surface area contributed by atoms with Crippen LogP contribution in [0.2, 0.25) is 0 Å². The molecule has 0 bridgehead atoms. The van der Waals surface area contributed by atoms with Crippen molar-refractivity contribution in [1.29, 1.82) is 0 Å². The third-order valence-electron chi connectivity index (χ3n) is 16.9. The highest BCUT2D eigenvalue weighted by molar-refractivity contribution is 6.43. The maximum Gasteiger partial charge on any atom is 0.342 e. The second-order valence-electron chi connectivity index (χ2n) is 27.3. The number of ketones is 6. The predicted molar refractivity (Wildman–Crippen MR) is 405 cm³/mol. The number of carbonyl (C=O) groups is 30. The average molecular weight is 1900 g/mol. The third-order valence-corrected chi connectivity index (χ3v) is 16.9. The molecule has 1 rings (SSSR count). The number of aliphatic carboxylic acids is 15. The number of carboxylic acids is 15. The fourth-order valence-electron chi connectivity index (χ4n) is 10.8. The lowest BCUT2D eigenvalue weighted by atomic mass is 9.97. The van der Waals surface area contributed by atoms with Gasteiger partial charge in [0.2, 0.25) is 87.9 Å². The summed E-state index contributed by atoms with van der Waals surface area (Å²) >= 11 is 0. The van der Waals surface area contributed by atoms with Crippen LogP contribution in [0.1, 0.15) is 102 Å². The van der Waals surface area contributed by atoms with E-state index in [-0.39, 0.29) is 12.4 Å². The number of nitro groups is 1. The molecule has 0 aromatic carbocycles. The van der Waals surface area contributed by atoms with Crippen LogP contribution >= 0.6 is 0 Å². The molecule has 32 N–H and O–H groups in total. The quantitative estimate of drug-likeness (QED) is 0.0164. The number of nitrogens with zero attached hydrogens (tertiary/aromatic N) is 3. The maximum absolute atomic E-state index is 13.9. The molecule has 0 saturated carbocycles. The summed E-state index contributed by atoms with van der Waals surface area (Å²) in [6, 6.07) is -38.3. The van der Waals surface area contributed by atoms with Gasteiger partial charge in [0.1, 0.15) is 79.2 Å². The maximum atomic E-state index is 13.9. The molecule has 0 aliphatic carbocycles. The number of nitrogens with one attached hydrogen (secondary N) is 15. The minimum atomic E-state index is -2.88. The number of carbonyl (C=O) groups excluding carboxylic acids is 15. The Kier molecular flexibility index (Phi) is 47.0. The van der Waals surface area contributed by atoms with Crippen molar-refractivity contribution in [3.63, 3.8) is 0 Å². The van der Waals surface area contributed by atoms with Crippen molar-refractivity contribution in [3.05, 3.63) is 22.1 Å². The number of Topliss-reactive ketones (excluding diaryl/α,β-unsaturated/α-hetero) is 6. The van der Waals surface area contributed by atoms with Gasteiger partial charge in [-0.2, -0.15) is 0 Å². The molecule has 0 aliphatic rings. The van der Waals surface area contributed by atoms with E-state index in [2.05, 4.69) is 10.3 Å². The lowest BCUT2D eigenvalue weighted by molar-refractivity contribution is -0.392. The van der Waals surface area contributed by atoms with Crippen LogP contribution in [0.25, 0.3) is 0 Å². The van der Waals surface area contributed by atoms with E-state index in [1.807, 2.05) is 5.32 Å². The van der Waals surface area contributed by atoms with Gasteiger partial charge in [-0.3, -0.25) is 144 Å². The summed E-state index contributed by atoms with van der Waals surface area (Å²) in [5.41, 5.74) is 15.9. The molecule has 66 heteroatoms. The summed E-state index contributed by atoms with van der Waals surface area (Å²) in [6.07, 6.45) is -22.8. The number of aromatic nitrogens is 2. The molecule has 0 fully saturated rings. The predicted octanol–water partition coefficient (Wildman–Crippen LogP) is -15.5. The smallest absolute Gasteiger partial charge is 0.342 e. The number of nitrogens with two attached hydrogens (primary N) is 1. The van der Waals surface area contributed by atoms with Gasteiger partial charge in [0, 0.05) is 6.92 Å². The molecule has 726 valence electrons. The minimum absolute atomic E-state index is 0.0725. The molecule has 1 aromatic rings. The van der Waals surface area contributed by atoms with Crippen LogP contribution in [0.3, 0.4) is 0 Å². The highest BCUT2D eigenvalue weighted by atomic mass is 16.6. The Morgan fingerprint density at radius 3 is 0.682 bits per heavy atom. The molecular weight excluding hydrogens is 1810 g/mol. The molecule has 9 amide bonds. The van der Waals surface area contributed by atoms with E-state index >= 15 is 0 Å². The second-order valence-corrected chi connectivity index (χ2v) is 27.3. The molecule has 0 aliphatic heterocycles. The highest BCUT2D eigenvalue weighted by Crippen LogP contribution is 2.15. The SMILES string of the molecule is Cc1ncc([N+](=O)[O-])n1CCNC(=O)[C@H](CC(=O)O)NC(=O)[C@H](CC(=O)O)NC(=O)[C@H](CC(=O)O)NC(=O)[C@H](CC(=O)O)NC(=O)[C@H](CC(=O)O)NN[C@@H](CC(=O)O)C(=O)C(=O)[C@H](CC(=O)O)NN[C@@H](CC(=O)O)C(=O)N[C@@H](CC(=O)O)C(=O)C(=O)[C@H](CC(=O)O)NC(=O)[C@H](CC(=O)O)NN[C@@H](CC(=O)O)C(=O)C(=O)[C@H](CC(=O)O)NC(=O)[C@H](CC(=O)O)NC(=O)[C@@H](N)CC(=O)O.